The standard InChI is InChI=1S/C19H24N2O/c1-4-20-12-8-11-17(20)18(22)21-13-16(19(2,3)14-21)15-9-6-5-7-10-15/h5-12,16H,4,13-14H2,1-3H3/t16-/m1/s1. The first-order chi connectivity index (χ1) is 10.5. The number of hydrogen-bond acceptors (Lipinski definition) is 1. The second-order valence-electron chi connectivity index (χ2n) is 6.82. The summed E-state index contributed by atoms with van der Waals surface area (Å²) in [6, 6.07) is 14.4. The Bertz CT molecular complexity index is 657. The van der Waals surface area contributed by atoms with E-state index in [9.17, 15) is 4.79 Å². The topological polar surface area (TPSA) is 25.2 Å². The Morgan fingerprint density at radius 1 is 1.18 bits per heavy atom. The van der Waals surface area contributed by atoms with Crippen LogP contribution < -0.4 is 0 Å². The van der Waals surface area contributed by atoms with E-state index in [0.29, 0.717) is 5.92 Å². The lowest BCUT2D eigenvalue weighted by atomic mass is 9.78. The van der Waals surface area contributed by atoms with Crippen LogP contribution in [-0.4, -0.2) is 28.5 Å². The molecule has 1 atom stereocenters. The summed E-state index contributed by atoms with van der Waals surface area (Å²) in [6.07, 6.45) is 1.98. The van der Waals surface area contributed by atoms with Crippen LogP contribution in [0.3, 0.4) is 0 Å². The maximum Gasteiger partial charge on any atom is 0.270 e. The third kappa shape index (κ3) is 2.56. The molecule has 2 aromatic rings. The molecule has 116 valence electrons. The molecule has 1 aliphatic rings. The first kappa shape index (κ1) is 14.9. The highest BCUT2D eigenvalue weighted by molar-refractivity contribution is 5.93. The van der Waals surface area contributed by atoms with Gasteiger partial charge in [-0.15, -0.1) is 0 Å². The Labute approximate surface area is 132 Å². The first-order valence-corrected chi connectivity index (χ1v) is 8.02. The predicted octanol–water partition coefficient (Wildman–Crippen LogP) is 3.77. The molecule has 2 heterocycles. The third-order valence-electron chi connectivity index (χ3n) is 4.82. The second-order valence-corrected chi connectivity index (χ2v) is 6.82. The van der Waals surface area contributed by atoms with Gasteiger partial charge in [0.25, 0.3) is 5.91 Å². The fraction of sp³-hybridized carbons (Fsp3) is 0.421. The van der Waals surface area contributed by atoms with E-state index in [4.69, 9.17) is 0 Å². The average Bonchev–Trinajstić information content (AvgIpc) is 3.11. The third-order valence-corrected chi connectivity index (χ3v) is 4.82. The molecule has 0 saturated carbocycles. The summed E-state index contributed by atoms with van der Waals surface area (Å²) in [5, 5.41) is 0. The van der Waals surface area contributed by atoms with Gasteiger partial charge < -0.3 is 9.47 Å². The molecule has 0 aliphatic carbocycles. The van der Waals surface area contributed by atoms with Crippen molar-refractivity contribution < 1.29 is 4.79 Å². The summed E-state index contributed by atoms with van der Waals surface area (Å²) >= 11 is 0. The molecule has 1 amide bonds. The predicted molar refractivity (Wildman–Crippen MR) is 89.0 cm³/mol. The number of aryl methyl sites for hydroxylation is 1. The molecule has 0 spiro atoms. The van der Waals surface area contributed by atoms with E-state index in [-0.39, 0.29) is 11.3 Å². The quantitative estimate of drug-likeness (QED) is 0.846. The molecule has 22 heavy (non-hydrogen) atoms. The van der Waals surface area contributed by atoms with Gasteiger partial charge in [-0.25, -0.2) is 0 Å². The van der Waals surface area contributed by atoms with Crippen LogP contribution in [0.1, 0.15) is 42.7 Å². The number of carbonyl (C=O) groups excluding carboxylic acids is 1. The minimum atomic E-state index is 0.0979. The van der Waals surface area contributed by atoms with Gasteiger partial charge >= 0.3 is 0 Å². The van der Waals surface area contributed by atoms with Crippen LogP contribution in [0.4, 0.5) is 0 Å². The van der Waals surface area contributed by atoms with Crippen LogP contribution in [0, 0.1) is 5.41 Å². The van der Waals surface area contributed by atoms with Gasteiger partial charge in [0, 0.05) is 31.7 Å². The molecule has 3 nitrogen and oxygen atoms in total. The Morgan fingerprint density at radius 3 is 2.59 bits per heavy atom. The van der Waals surface area contributed by atoms with Gasteiger partial charge in [-0.2, -0.15) is 0 Å². The number of likely N-dealkylation sites (tertiary alicyclic amines) is 1. The van der Waals surface area contributed by atoms with Crippen molar-refractivity contribution in [1.82, 2.24) is 9.47 Å². The van der Waals surface area contributed by atoms with Crippen LogP contribution in [0.15, 0.2) is 48.7 Å². The number of benzene rings is 1. The number of amides is 1. The highest BCUT2D eigenvalue weighted by Gasteiger charge is 2.42. The molecule has 0 bridgehead atoms. The average molecular weight is 296 g/mol. The van der Waals surface area contributed by atoms with Crippen molar-refractivity contribution in [2.45, 2.75) is 33.2 Å². The van der Waals surface area contributed by atoms with Crippen molar-refractivity contribution in [2.24, 2.45) is 5.41 Å². The van der Waals surface area contributed by atoms with E-state index in [1.165, 1.54) is 5.56 Å². The number of hydrogen-bond donors (Lipinski definition) is 0. The SMILES string of the molecule is CCn1cccc1C(=O)N1C[C@H](c2ccccc2)C(C)(C)C1. The molecule has 1 aliphatic heterocycles. The molecule has 3 rings (SSSR count). The summed E-state index contributed by atoms with van der Waals surface area (Å²) in [6.45, 7) is 9.02. The Balaban J connectivity index is 1.85. The smallest absolute Gasteiger partial charge is 0.270 e. The number of carbonyl (C=O) groups is 1. The molecule has 0 unspecified atom stereocenters. The van der Waals surface area contributed by atoms with E-state index in [2.05, 4.69) is 45.0 Å². The van der Waals surface area contributed by atoms with E-state index in [1.807, 2.05) is 33.9 Å². The lowest BCUT2D eigenvalue weighted by Crippen LogP contribution is -2.31. The molecular weight excluding hydrogens is 272 g/mol. The number of rotatable bonds is 3. The van der Waals surface area contributed by atoms with Crippen molar-refractivity contribution in [1.29, 1.82) is 0 Å². The molecule has 1 fully saturated rings. The molecule has 1 saturated heterocycles. The molecule has 1 aromatic heterocycles. The molecule has 3 heteroatoms. The van der Waals surface area contributed by atoms with Crippen LogP contribution in [0.2, 0.25) is 0 Å². The Hall–Kier alpha value is -2.03. The normalized spacial score (nSPS) is 20.3. The van der Waals surface area contributed by atoms with Gasteiger partial charge in [0.2, 0.25) is 0 Å². The van der Waals surface area contributed by atoms with Crippen molar-refractivity contribution in [2.75, 3.05) is 13.1 Å². The minimum absolute atomic E-state index is 0.0979. The highest BCUT2D eigenvalue weighted by atomic mass is 16.2. The van der Waals surface area contributed by atoms with Crippen LogP contribution >= 0.6 is 0 Å². The van der Waals surface area contributed by atoms with Gasteiger partial charge in [-0.05, 0) is 30.0 Å². The van der Waals surface area contributed by atoms with Crippen LogP contribution in [0.25, 0.3) is 0 Å². The maximum absolute atomic E-state index is 12.9. The summed E-state index contributed by atoms with van der Waals surface area (Å²) in [5.74, 6) is 0.543. The van der Waals surface area contributed by atoms with Gasteiger partial charge in [0.05, 0.1) is 0 Å². The van der Waals surface area contributed by atoms with Crippen molar-refractivity contribution in [3.63, 3.8) is 0 Å². The van der Waals surface area contributed by atoms with E-state index in [1.54, 1.807) is 0 Å². The van der Waals surface area contributed by atoms with Gasteiger partial charge in [-0.1, -0.05) is 44.2 Å². The zero-order valence-electron chi connectivity index (χ0n) is 13.6. The zero-order valence-corrected chi connectivity index (χ0v) is 13.6. The van der Waals surface area contributed by atoms with Crippen molar-refractivity contribution in [3.05, 3.63) is 59.9 Å². The summed E-state index contributed by atoms with van der Waals surface area (Å²) in [7, 11) is 0. The fourth-order valence-electron chi connectivity index (χ4n) is 3.58. The van der Waals surface area contributed by atoms with E-state index in [0.717, 1.165) is 25.3 Å². The van der Waals surface area contributed by atoms with Crippen LogP contribution in [-0.2, 0) is 6.54 Å². The van der Waals surface area contributed by atoms with Gasteiger partial charge in [-0.3, -0.25) is 4.79 Å². The fourth-order valence-corrected chi connectivity index (χ4v) is 3.58. The number of nitrogens with zero attached hydrogens (tertiary/aromatic N) is 2. The Morgan fingerprint density at radius 2 is 1.91 bits per heavy atom. The maximum atomic E-state index is 12.9. The second kappa shape index (κ2) is 5.64. The summed E-state index contributed by atoms with van der Waals surface area (Å²) in [5.41, 5.74) is 2.22. The van der Waals surface area contributed by atoms with Crippen molar-refractivity contribution >= 4 is 5.91 Å². The van der Waals surface area contributed by atoms with E-state index < -0.39 is 0 Å². The lowest BCUT2D eigenvalue weighted by molar-refractivity contribution is 0.0767. The zero-order chi connectivity index (χ0) is 15.7. The number of aromatic nitrogens is 1. The van der Waals surface area contributed by atoms with Crippen molar-refractivity contribution in [3.8, 4) is 0 Å². The highest BCUT2D eigenvalue weighted by Crippen LogP contribution is 2.42. The summed E-state index contributed by atoms with van der Waals surface area (Å²) < 4.78 is 2.02. The van der Waals surface area contributed by atoms with E-state index >= 15 is 0 Å². The molecular formula is C19H24N2O. The molecule has 0 radical (unpaired) electrons. The first-order valence-electron chi connectivity index (χ1n) is 8.02. The summed E-state index contributed by atoms with van der Waals surface area (Å²) in [4.78, 5) is 14.9. The van der Waals surface area contributed by atoms with Crippen LogP contribution in [0.5, 0.6) is 0 Å². The Kier molecular flexibility index (Phi) is 3.81. The lowest BCUT2D eigenvalue weighted by Gasteiger charge is -2.25. The monoisotopic (exact) mass is 296 g/mol. The molecule has 1 aromatic carbocycles. The largest absolute Gasteiger partial charge is 0.344 e. The minimum Gasteiger partial charge on any atom is -0.344 e. The van der Waals surface area contributed by atoms with Gasteiger partial charge in [0.15, 0.2) is 0 Å². The van der Waals surface area contributed by atoms with Gasteiger partial charge in [0.1, 0.15) is 5.69 Å². The molecule has 0 N–H and O–H groups in total.